The molecule has 1 aromatic carbocycles. The summed E-state index contributed by atoms with van der Waals surface area (Å²) < 4.78 is 13.7. The number of halogens is 1. The number of imidazole rings is 1. The van der Waals surface area contributed by atoms with Gasteiger partial charge in [-0.2, -0.15) is 0 Å². The van der Waals surface area contributed by atoms with Crippen LogP contribution in [-0.2, 0) is 16.5 Å². The standard InChI is InChI=1S/C23H25ClN6O3/c1-26-10-19(21(24)25)30-20-16-8-13(14-7-15(12-32-3)22(33-4)28-9-14)5-6-17(16)27-11-18(20)29(2)23(30)31/h5-6,8-11,14,25-26H,7,12H2,1-4H3/p+1. The monoisotopic (exact) mass is 469 g/mol. The van der Waals surface area contributed by atoms with Gasteiger partial charge in [-0.25, -0.2) is 9.79 Å². The lowest BCUT2D eigenvalue weighted by molar-refractivity contribution is -0.555. The third-order valence-electron chi connectivity index (χ3n) is 5.78. The summed E-state index contributed by atoms with van der Waals surface area (Å²) in [5.74, 6) is 0.601. The molecule has 33 heavy (non-hydrogen) atoms. The minimum absolute atomic E-state index is 0.0166. The number of nitrogens with zero attached hydrogens (tertiary/aromatic N) is 4. The maximum Gasteiger partial charge on any atom is 0.333 e. The highest BCUT2D eigenvalue weighted by atomic mass is 35.5. The van der Waals surface area contributed by atoms with Gasteiger partial charge in [0.05, 0.1) is 43.5 Å². The summed E-state index contributed by atoms with van der Waals surface area (Å²) >= 11 is 6.08. The first kappa shape index (κ1) is 22.9. The number of aromatic nitrogens is 3. The Bertz CT molecular complexity index is 1400. The van der Waals surface area contributed by atoms with E-state index in [9.17, 15) is 4.79 Å². The fourth-order valence-electron chi connectivity index (χ4n) is 4.22. The molecular formula is C23H26ClN6O3+. The van der Waals surface area contributed by atoms with Crippen molar-refractivity contribution in [3.8, 4) is 0 Å². The van der Waals surface area contributed by atoms with Gasteiger partial charge >= 0.3 is 5.69 Å². The number of ether oxygens (including phenoxy) is 2. The van der Waals surface area contributed by atoms with E-state index >= 15 is 0 Å². The number of quaternary nitrogens is 1. The molecule has 4 rings (SSSR count). The van der Waals surface area contributed by atoms with Crippen molar-refractivity contribution in [1.29, 1.82) is 5.41 Å². The second-order valence-electron chi connectivity index (χ2n) is 7.78. The van der Waals surface area contributed by atoms with E-state index in [2.05, 4.69) is 9.98 Å². The molecule has 3 N–H and O–H groups in total. The second kappa shape index (κ2) is 9.30. The minimum atomic E-state index is -0.294. The summed E-state index contributed by atoms with van der Waals surface area (Å²) in [6, 6.07) is 5.99. The molecule has 172 valence electrons. The van der Waals surface area contributed by atoms with Gasteiger partial charge in [0.2, 0.25) is 5.88 Å². The van der Waals surface area contributed by atoms with Crippen molar-refractivity contribution in [2.45, 2.75) is 12.3 Å². The van der Waals surface area contributed by atoms with Crippen LogP contribution in [0.25, 0.3) is 27.6 Å². The van der Waals surface area contributed by atoms with E-state index in [1.165, 1.54) is 9.13 Å². The summed E-state index contributed by atoms with van der Waals surface area (Å²) in [5.41, 5.74) is 4.08. The quantitative estimate of drug-likeness (QED) is 0.516. The van der Waals surface area contributed by atoms with Crippen LogP contribution in [-0.4, -0.2) is 53.4 Å². The zero-order chi connectivity index (χ0) is 23.7. The van der Waals surface area contributed by atoms with Gasteiger partial charge in [0, 0.05) is 37.2 Å². The normalized spacial score (nSPS) is 16.8. The second-order valence-corrected chi connectivity index (χ2v) is 8.16. The van der Waals surface area contributed by atoms with Crippen molar-refractivity contribution < 1.29 is 14.8 Å². The van der Waals surface area contributed by atoms with Gasteiger partial charge in [0.15, 0.2) is 5.17 Å². The van der Waals surface area contributed by atoms with E-state index in [0.717, 1.165) is 22.0 Å². The number of aryl methyl sites for hydroxylation is 1. The molecule has 3 heterocycles. The zero-order valence-electron chi connectivity index (χ0n) is 18.9. The van der Waals surface area contributed by atoms with Crippen LogP contribution in [0.5, 0.6) is 0 Å². The number of nitrogens with two attached hydrogens (primary N) is 1. The van der Waals surface area contributed by atoms with Crippen LogP contribution in [0.3, 0.4) is 0 Å². The van der Waals surface area contributed by atoms with Crippen molar-refractivity contribution in [3.05, 3.63) is 58.1 Å². The summed E-state index contributed by atoms with van der Waals surface area (Å²) in [6.45, 7) is 0.439. The lowest BCUT2D eigenvalue weighted by atomic mass is 9.90. The van der Waals surface area contributed by atoms with Crippen LogP contribution < -0.4 is 11.0 Å². The van der Waals surface area contributed by atoms with Gasteiger partial charge in [-0.15, -0.1) is 0 Å². The number of pyridine rings is 1. The molecule has 0 aliphatic carbocycles. The third-order valence-corrected chi connectivity index (χ3v) is 5.97. The van der Waals surface area contributed by atoms with Gasteiger partial charge in [-0.05, 0) is 24.1 Å². The van der Waals surface area contributed by atoms with E-state index in [-0.39, 0.29) is 16.8 Å². The average molecular weight is 470 g/mol. The Balaban J connectivity index is 1.93. The molecule has 1 unspecified atom stereocenters. The van der Waals surface area contributed by atoms with E-state index in [1.807, 2.05) is 31.5 Å². The average Bonchev–Trinajstić information content (AvgIpc) is 3.07. The van der Waals surface area contributed by atoms with E-state index in [4.69, 9.17) is 26.5 Å². The van der Waals surface area contributed by atoms with Crippen LogP contribution in [0, 0.1) is 5.41 Å². The molecule has 0 spiro atoms. The highest BCUT2D eigenvalue weighted by molar-refractivity contribution is 6.74. The predicted molar refractivity (Wildman–Crippen MR) is 130 cm³/mol. The molecule has 0 saturated carbocycles. The molecule has 0 amide bonds. The molecule has 3 aromatic rings. The van der Waals surface area contributed by atoms with Gasteiger partial charge in [0.1, 0.15) is 11.9 Å². The van der Waals surface area contributed by atoms with Crippen LogP contribution in [0.2, 0.25) is 0 Å². The van der Waals surface area contributed by atoms with Crippen molar-refractivity contribution in [3.63, 3.8) is 0 Å². The van der Waals surface area contributed by atoms with Gasteiger partial charge in [-0.1, -0.05) is 17.7 Å². The van der Waals surface area contributed by atoms with Crippen molar-refractivity contribution >= 4 is 50.6 Å². The molecule has 1 aliphatic rings. The third kappa shape index (κ3) is 3.99. The summed E-state index contributed by atoms with van der Waals surface area (Å²) in [6.07, 6.45) is 5.91. The van der Waals surface area contributed by atoms with Crippen LogP contribution in [0.1, 0.15) is 17.9 Å². The summed E-state index contributed by atoms with van der Waals surface area (Å²) in [7, 11) is 6.75. The first-order valence-electron chi connectivity index (χ1n) is 10.4. The van der Waals surface area contributed by atoms with Gasteiger partial charge in [0.25, 0.3) is 0 Å². The number of benzene rings is 1. The van der Waals surface area contributed by atoms with Gasteiger partial charge < -0.3 is 14.8 Å². The number of rotatable bonds is 7. The minimum Gasteiger partial charge on any atom is -0.481 e. The lowest BCUT2D eigenvalue weighted by Gasteiger charge is -2.21. The maximum atomic E-state index is 13.2. The van der Waals surface area contributed by atoms with E-state index < -0.39 is 0 Å². The highest BCUT2D eigenvalue weighted by Gasteiger charge is 2.23. The molecule has 1 atom stereocenters. The van der Waals surface area contributed by atoms with E-state index in [0.29, 0.717) is 35.6 Å². The Kier molecular flexibility index (Phi) is 6.46. The van der Waals surface area contributed by atoms with Crippen molar-refractivity contribution in [2.24, 2.45) is 12.0 Å². The molecule has 9 nitrogen and oxygen atoms in total. The Morgan fingerprint density at radius 2 is 2.18 bits per heavy atom. The van der Waals surface area contributed by atoms with E-state index in [1.54, 1.807) is 39.0 Å². The number of hydrogen-bond acceptors (Lipinski definition) is 6. The fourth-order valence-corrected chi connectivity index (χ4v) is 4.37. The van der Waals surface area contributed by atoms with Crippen LogP contribution in [0.4, 0.5) is 0 Å². The molecule has 1 aliphatic heterocycles. The molecule has 0 radical (unpaired) electrons. The summed E-state index contributed by atoms with van der Waals surface area (Å²) in [5, 5.41) is 10.4. The lowest BCUT2D eigenvalue weighted by Crippen LogP contribution is -2.73. The largest absolute Gasteiger partial charge is 0.481 e. The number of nitrogens with one attached hydrogen (secondary N) is 1. The predicted octanol–water partition coefficient (Wildman–Crippen LogP) is 2.16. The smallest absolute Gasteiger partial charge is 0.333 e. The molecule has 0 fully saturated rings. The Labute approximate surface area is 195 Å². The number of allylic oxidation sites excluding steroid dienone is 1. The van der Waals surface area contributed by atoms with Crippen LogP contribution in [0.15, 0.2) is 51.8 Å². The number of fused-ring (bicyclic) bond motifs is 3. The van der Waals surface area contributed by atoms with Crippen molar-refractivity contribution in [2.75, 3.05) is 27.9 Å². The fraction of sp³-hybridized carbons (Fsp3) is 0.304. The van der Waals surface area contributed by atoms with Gasteiger partial charge in [-0.3, -0.25) is 19.5 Å². The first-order chi connectivity index (χ1) is 15.9. The molecular weight excluding hydrogens is 444 g/mol. The number of aliphatic imine (C=N–C) groups is 1. The highest BCUT2D eigenvalue weighted by Crippen LogP contribution is 2.33. The van der Waals surface area contributed by atoms with Crippen molar-refractivity contribution in [1.82, 2.24) is 14.1 Å². The van der Waals surface area contributed by atoms with Crippen LogP contribution >= 0.6 is 11.6 Å². The first-order valence-corrected chi connectivity index (χ1v) is 10.8. The topological polar surface area (TPSA) is 111 Å². The maximum absolute atomic E-state index is 13.2. The number of methoxy groups -OCH3 is 2. The number of hydrogen-bond donors (Lipinski definition) is 2. The Morgan fingerprint density at radius 3 is 2.85 bits per heavy atom. The SMILES string of the molecule is C[NH2+]C=C(C(=N)Cl)n1c(=O)n(C)c2cnc3ccc(C4C=NC(OC)=C(COC)C4)cc3c21. The molecule has 2 aromatic heterocycles. The Morgan fingerprint density at radius 1 is 1.39 bits per heavy atom. The molecule has 10 heteroatoms. The summed E-state index contributed by atoms with van der Waals surface area (Å²) in [4.78, 5) is 22.2. The molecule has 0 saturated heterocycles. The Hall–Kier alpha value is -3.27. The zero-order valence-corrected chi connectivity index (χ0v) is 19.7. The molecule has 0 bridgehead atoms.